The number of Topliss-reactive ketones (excluding diaryl/α,β-unsaturated/α-hetero) is 1. The van der Waals surface area contributed by atoms with Crippen molar-refractivity contribution in [2.24, 2.45) is 10.2 Å². The first-order chi connectivity index (χ1) is 9.70. The minimum atomic E-state index is -1.15. The number of hydrogen-bond acceptors (Lipinski definition) is 4. The summed E-state index contributed by atoms with van der Waals surface area (Å²) in [7, 11) is 0. The summed E-state index contributed by atoms with van der Waals surface area (Å²) in [5, 5.41) is 17.3. The molecule has 0 amide bonds. The largest absolute Gasteiger partial charge is 0.290 e. The molecule has 98 valence electrons. The molecule has 0 saturated carbocycles. The summed E-state index contributed by atoms with van der Waals surface area (Å²) in [6.45, 7) is 0. The van der Waals surface area contributed by atoms with Crippen LogP contribution < -0.4 is 0 Å². The third-order valence-corrected chi connectivity index (χ3v) is 2.80. The summed E-state index contributed by atoms with van der Waals surface area (Å²) in [5.41, 5.74) is 0.976. The number of hydrogen-bond donors (Lipinski definition) is 0. The fourth-order valence-corrected chi connectivity index (χ4v) is 1.66. The highest BCUT2D eigenvalue weighted by atomic mass is 35.5. The lowest BCUT2D eigenvalue weighted by Gasteiger charge is -2.01. The number of rotatable bonds is 4. The molecule has 0 N–H and O–H groups in total. The molecule has 0 aliphatic rings. The molecule has 0 saturated heterocycles. The summed E-state index contributed by atoms with van der Waals surface area (Å²) < 4.78 is 0. The monoisotopic (exact) mass is 283 g/mol. The van der Waals surface area contributed by atoms with Gasteiger partial charge < -0.3 is 0 Å². The molecule has 2 rings (SSSR count). The minimum Gasteiger partial charge on any atom is -0.290 e. The zero-order valence-electron chi connectivity index (χ0n) is 10.4. The zero-order valence-corrected chi connectivity index (χ0v) is 11.2. The molecule has 2 aromatic carbocycles. The second kappa shape index (κ2) is 6.60. The Morgan fingerprint density at radius 1 is 1.10 bits per heavy atom. The summed E-state index contributed by atoms with van der Waals surface area (Å²) in [5.74, 6) is -0.370. The van der Waals surface area contributed by atoms with Crippen LogP contribution >= 0.6 is 11.6 Å². The van der Waals surface area contributed by atoms with E-state index in [2.05, 4.69) is 10.2 Å². The van der Waals surface area contributed by atoms with Crippen molar-refractivity contribution in [3.8, 4) is 6.07 Å². The third-order valence-electron chi connectivity index (χ3n) is 2.54. The van der Waals surface area contributed by atoms with Crippen LogP contribution in [0.15, 0.2) is 64.8 Å². The second-order valence-corrected chi connectivity index (χ2v) is 4.39. The summed E-state index contributed by atoms with van der Waals surface area (Å²) in [6.07, 6.45) is 0. The molecule has 0 radical (unpaired) electrons. The molecule has 1 unspecified atom stereocenters. The molecule has 5 heteroatoms. The lowest BCUT2D eigenvalue weighted by atomic mass is 10.1. The van der Waals surface area contributed by atoms with Gasteiger partial charge in [0.2, 0.25) is 11.8 Å². The minimum absolute atomic E-state index is 0.370. The van der Waals surface area contributed by atoms with Crippen LogP contribution in [0.2, 0.25) is 5.02 Å². The number of ketones is 1. The van der Waals surface area contributed by atoms with Crippen molar-refractivity contribution in [1.82, 2.24) is 0 Å². The van der Waals surface area contributed by atoms with Crippen molar-refractivity contribution in [2.75, 3.05) is 0 Å². The van der Waals surface area contributed by atoms with Gasteiger partial charge in [-0.25, -0.2) is 0 Å². The molecule has 0 heterocycles. The van der Waals surface area contributed by atoms with E-state index in [-0.39, 0.29) is 5.78 Å². The van der Waals surface area contributed by atoms with Crippen molar-refractivity contribution >= 4 is 23.1 Å². The first-order valence-corrected chi connectivity index (χ1v) is 6.24. The van der Waals surface area contributed by atoms with E-state index in [9.17, 15) is 4.79 Å². The fourth-order valence-electron chi connectivity index (χ4n) is 1.53. The number of halogens is 1. The van der Waals surface area contributed by atoms with E-state index in [4.69, 9.17) is 16.9 Å². The Balaban J connectivity index is 2.15. The van der Waals surface area contributed by atoms with Crippen molar-refractivity contribution in [3.63, 3.8) is 0 Å². The fraction of sp³-hybridized carbons (Fsp3) is 0.0667. The zero-order chi connectivity index (χ0) is 14.4. The number of nitriles is 1. The SMILES string of the molecule is N#CC(N=Nc1ccc(Cl)cc1)C(=O)c1ccccc1. The van der Waals surface area contributed by atoms with Gasteiger partial charge in [0, 0.05) is 10.6 Å². The van der Waals surface area contributed by atoms with Crippen LogP contribution in [0.4, 0.5) is 5.69 Å². The molecule has 2 aromatic rings. The van der Waals surface area contributed by atoms with Crippen molar-refractivity contribution in [3.05, 3.63) is 65.2 Å². The molecular formula is C15H10ClN3O. The van der Waals surface area contributed by atoms with Crippen molar-refractivity contribution in [1.29, 1.82) is 5.26 Å². The van der Waals surface area contributed by atoms with Gasteiger partial charge in [0.15, 0.2) is 0 Å². The van der Waals surface area contributed by atoms with Crippen molar-refractivity contribution < 1.29 is 4.79 Å². The average Bonchev–Trinajstić information content (AvgIpc) is 2.50. The van der Waals surface area contributed by atoms with Gasteiger partial charge in [-0.2, -0.15) is 15.5 Å². The van der Waals surface area contributed by atoms with E-state index in [0.29, 0.717) is 16.3 Å². The van der Waals surface area contributed by atoms with Gasteiger partial charge in [0.25, 0.3) is 0 Å². The van der Waals surface area contributed by atoms with Gasteiger partial charge in [-0.15, -0.1) is 0 Å². The maximum atomic E-state index is 12.1. The maximum Gasteiger partial charge on any atom is 0.219 e. The number of azo groups is 1. The van der Waals surface area contributed by atoms with E-state index in [1.165, 1.54) is 0 Å². The second-order valence-electron chi connectivity index (χ2n) is 3.95. The number of carbonyl (C=O) groups is 1. The molecule has 0 spiro atoms. The number of carbonyl (C=O) groups excluding carboxylic acids is 1. The van der Waals surface area contributed by atoms with Crippen LogP contribution in [0.3, 0.4) is 0 Å². The summed E-state index contributed by atoms with van der Waals surface area (Å²) >= 11 is 5.75. The highest BCUT2D eigenvalue weighted by molar-refractivity contribution is 6.30. The first-order valence-electron chi connectivity index (χ1n) is 5.86. The quantitative estimate of drug-likeness (QED) is 0.623. The van der Waals surface area contributed by atoms with Gasteiger partial charge >= 0.3 is 0 Å². The molecule has 0 aliphatic carbocycles. The Hall–Kier alpha value is -2.51. The van der Waals surface area contributed by atoms with Crippen molar-refractivity contribution in [2.45, 2.75) is 6.04 Å². The lowest BCUT2D eigenvalue weighted by molar-refractivity contribution is 0.0979. The van der Waals surface area contributed by atoms with Gasteiger partial charge in [0.05, 0.1) is 11.8 Å². The van der Waals surface area contributed by atoms with E-state index in [1.54, 1.807) is 54.6 Å². The topological polar surface area (TPSA) is 65.6 Å². The van der Waals surface area contributed by atoms with Gasteiger partial charge in [-0.3, -0.25) is 4.79 Å². The molecule has 0 bridgehead atoms. The van der Waals surface area contributed by atoms with Crippen LogP contribution in [0.1, 0.15) is 10.4 Å². The van der Waals surface area contributed by atoms with Crippen LogP contribution in [0, 0.1) is 11.3 Å². The Morgan fingerprint density at radius 2 is 1.75 bits per heavy atom. The maximum absolute atomic E-state index is 12.1. The van der Waals surface area contributed by atoms with Crippen LogP contribution in [-0.4, -0.2) is 11.8 Å². The Labute approximate surface area is 121 Å². The first kappa shape index (κ1) is 13.9. The molecule has 0 fully saturated rings. The molecule has 1 atom stereocenters. The average molecular weight is 284 g/mol. The Morgan fingerprint density at radius 3 is 2.35 bits per heavy atom. The Kier molecular flexibility index (Phi) is 4.59. The molecule has 4 nitrogen and oxygen atoms in total. The summed E-state index contributed by atoms with van der Waals surface area (Å²) in [6, 6.07) is 15.9. The number of benzene rings is 2. The van der Waals surface area contributed by atoms with E-state index < -0.39 is 6.04 Å². The van der Waals surface area contributed by atoms with Gasteiger partial charge in [0.1, 0.15) is 0 Å². The molecular weight excluding hydrogens is 274 g/mol. The van der Waals surface area contributed by atoms with E-state index in [0.717, 1.165) is 0 Å². The lowest BCUT2D eigenvalue weighted by Crippen LogP contribution is -2.15. The third kappa shape index (κ3) is 3.50. The summed E-state index contributed by atoms with van der Waals surface area (Å²) in [4.78, 5) is 12.1. The smallest absolute Gasteiger partial charge is 0.219 e. The predicted molar refractivity (Wildman–Crippen MR) is 76.1 cm³/mol. The van der Waals surface area contributed by atoms with Gasteiger partial charge in [-0.05, 0) is 24.3 Å². The molecule has 0 aromatic heterocycles. The van der Waals surface area contributed by atoms with E-state index in [1.807, 2.05) is 6.07 Å². The molecule has 20 heavy (non-hydrogen) atoms. The Bertz CT molecular complexity index is 660. The highest BCUT2D eigenvalue weighted by Crippen LogP contribution is 2.17. The predicted octanol–water partition coefficient (Wildman–Crippen LogP) is 4.20. The van der Waals surface area contributed by atoms with Crippen LogP contribution in [0.5, 0.6) is 0 Å². The van der Waals surface area contributed by atoms with Crippen LogP contribution in [0.25, 0.3) is 0 Å². The number of nitrogens with zero attached hydrogens (tertiary/aromatic N) is 3. The van der Waals surface area contributed by atoms with Crippen LogP contribution in [-0.2, 0) is 0 Å². The highest BCUT2D eigenvalue weighted by Gasteiger charge is 2.18. The van der Waals surface area contributed by atoms with E-state index >= 15 is 0 Å². The normalized spacial score (nSPS) is 12.0. The molecule has 0 aliphatic heterocycles. The van der Waals surface area contributed by atoms with Gasteiger partial charge in [-0.1, -0.05) is 41.9 Å². The standard InChI is InChI=1S/C15H10ClN3O/c16-12-6-8-13(9-7-12)18-19-14(10-17)15(20)11-4-2-1-3-5-11/h1-9,14H.